The molecule has 0 saturated heterocycles. The Kier molecular flexibility index (Phi) is 4.61. The van der Waals surface area contributed by atoms with Crippen LogP contribution in [0, 0.1) is 0 Å². The van der Waals surface area contributed by atoms with Gasteiger partial charge in [-0.2, -0.15) is 10.2 Å². The van der Waals surface area contributed by atoms with E-state index in [-0.39, 0.29) is 0 Å². The van der Waals surface area contributed by atoms with Gasteiger partial charge in [-0.3, -0.25) is 0 Å². The summed E-state index contributed by atoms with van der Waals surface area (Å²) in [5.41, 5.74) is 3.17. The topological polar surface area (TPSA) is 65.2 Å². The molecule has 0 aliphatic heterocycles. The van der Waals surface area contributed by atoms with Crippen LogP contribution in [0.2, 0.25) is 0 Å². The molecule has 2 unspecified atom stereocenters. The average Bonchev–Trinajstić information content (AvgIpc) is 2.46. The smallest absolute Gasteiger partial charge is 0.0857 e. The van der Waals surface area contributed by atoms with Crippen LogP contribution in [0.15, 0.2) is 58.8 Å². The molecule has 0 fully saturated rings. The number of rotatable bonds is 4. The molecule has 4 nitrogen and oxygen atoms in total. The van der Waals surface area contributed by atoms with Crippen molar-refractivity contribution >= 4 is 11.4 Å². The first-order valence-electron chi connectivity index (χ1n) is 6.54. The second-order valence-corrected chi connectivity index (χ2v) is 4.74. The highest BCUT2D eigenvalue weighted by Gasteiger charge is 2.01. The predicted octanol–water partition coefficient (Wildman–Crippen LogP) is 4.21. The summed E-state index contributed by atoms with van der Waals surface area (Å²) in [7, 11) is 0. The van der Waals surface area contributed by atoms with Crippen molar-refractivity contribution in [2.75, 3.05) is 0 Å². The number of aliphatic hydroxyl groups excluding tert-OH is 2. The van der Waals surface area contributed by atoms with E-state index in [1.807, 2.05) is 48.5 Å². The molecular weight excluding hydrogens is 252 g/mol. The Labute approximate surface area is 118 Å². The van der Waals surface area contributed by atoms with Crippen molar-refractivity contribution in [3.8, 4) is 0 Å². The molecule has 2 aromatic rings. The van der Waals surface area contributed by atoms with Gasteiger partial charge in [-0.1, -0.05) is 24.3 Å². The van der Waals surface area contributed by atoms with Crippen molar-refractivity contribution in [3.05, 3.63) is 59.7 Å². The van der Waals surface area contributed by atoms with E-state index in [2.05, 4.69) is 10.2 Å². The largest absolute Gasteiger partial charge is 0.389 e. The van der Waals surface area contributed by atoms with Gasteiger partial charge in [-0.15, -0.1) is 0 Å². The van der Waals surface area contributed by atoms with E-state index in [1.165, 1.54) is 0 Å². The number of hydrogen-bond acceptors (Lipinski definition) is 4. The van der Waals surface area contributed by atoms with E-state index in [9.17, 15) is 10.2 Å². The molecule has 0 aliphatic carbocycles. The summed E-state index contributed by atoms with van der Waals surface area (Å²) in [6.07, 6.45) is -0.956. The lowest BCUT2D eigenvalue weighted by atomic mass is 10.1. The van der Waals surface area contributed by atoms with E-state index < -0.39 is 12.2 Å². The van der Waals surface area contributed by atoms with Crippen LogP contribution in [0.1, 0.15) is 37.2 Å². The maximum atomic E-state index is 9.42. The van der Waals surface area contributed by atoms with Crippen LogP contribution < -0.4 is 0 Å². The lowest BCUT2D eigenvalue weighted by Crippen LogP contribution is -1.88. The molecule has 2 rings (SSSR count). The molecule has 0 bridgehead atoms. The summed E-state index contributed by atoms with van der Waals surface area (Å²) in [6.45, 7) is 3.44. The summed E-state index contributed by atoms with van der Waals surface area (Å²) in [4.78, 5) is 0. The number of aliphatic hydroxyl groups is 2. The van der Waals surface area contributed by atoms with Gasteiger partial charge in [0, 0.05) is 0 Å². The minimum Gasteiger partial charge on any atom is -0.389 e. The molecule has 0 radical (unpaired) electrons. The molecule has 2 aromatic carbocycles. The first-order chi connectivity index (χ1) is 9.56. The first kappa shape index (κ1) is 14.4. The quantitative estimate of drug-likeness (QED) is 0.817. The maximum absolute atomic E-state index is 9.42. The van der Waals surface area contributed by atoms with Crippen LogP contribution in [-0.4, -0.2) is 10.2 Å². The van der Waals surface area contributed by atoms with Gasteiger partial charge in [0.2, 0.25) is 0 Å². The maximum Gasteiger partial charge on any atom is 0.0857 e. The minimum absolute atomic E-state index is 0.478. The van der Waals surface area contributed by atoms with E-state index in [0.717, 1.165) is 22.5 Å². The number of azo groups is 1. The summed E-state index contributed by atoms with van der Waals surface area (Å²) < 4.78 is 0. The van der Waals surface area contributed by atoms with Crippen molar-refractivity contribution in [1.29, 1.82) is 0 Å². The monoisotopic (exact) mass is 270 g/mol. The Morgan fingerprint density at radius 3 is 1.20 bits per heavy atom. The van der Waals surface area contributed by atoms with Crippen molar-refractivity contribution in [3.63, 3.8) is 0 Å². The standard InChI is InChI=1S/C16H18N2O2/c1-11(19)13-3-7-15(8-4-13)17-18-16-9-5-14(6-10-16)12(2)20/h3-12,19-20H,1-2H3. The Morgan fingerprint density at radius 2 is 0.950 bits per heavy atom. The molecule has 0 aromatic heterocycles. The Morgan fingerprint density at radius 1 is 0.650 bits per heavy atom. The van der Waals surface area contributed by atoms with Crippen LogP contribution in [-0.2, 0) is 0 Å². The van der Waals surface area contributed by atoms with Crippen LogP contribution in [0.25, 0.3) is 0 Å². The highest BCUT2D eigenvalue weighted by Crippen LogP contribution is 2.22. The van der Waals surface area contributed by atoms with Gasteiger partial charge in [0.1, 0.15) is 0 Å². The summed E-state index contributed by atoms with van der Waals surface area (Å²) >= 11 is 0. The van der Waals surface area contributed by atoms with Crippen molar-refractivity contribution in [1.82, 2.24) is 0 Å². The second kappa shape index (κ2) is 6.41. The fraction of sp³-hybridized carbons (Fsp3) is 0.250. The molecule has 0 aliphatic rings. The Hall–Kier alpha value is -2.04. The third kappa shape index (κ3) is 3.73. The van der Waals surface area contributed by atoms with E-state index in [1.54, 1.807) is 13.8 Å². The van der Waals surface area contributed by atoms with Crippen LogP contribution in [0.4, 0.5) is 11.4 Å². The Balaban J connectivity index is 2.08. The van der Waals surface area contributed by atoms with Gasteiger partial charge in [0.25, 0.3) is 0 Å². The number of hydrogen-bond donors (Lipinski definition) is 2. The lowest BCUT2D eigenvalue weighted by Gasteiger charge is -2.04. The highest BCUT2D eigenvalue weighted by molar-refractivity contribution is 5.42. The van der Waals surface area contributed by atoms with Crippen molar-refractivity contribution in [2.45, 2.75) is 26.1 Å². The summed E-state index contributed by atoms with van der Waals surface area (Å²) in [6, 6.07) is 14.6. The fourth-order valence-electron chi connectivity index (χ4n) is 1.75. The van der Waals surface area contributed by atoms with Crippen molar-refractivity contribution in [2.24, 2.45) is 10.2 Å². The van der Waals surface area contributed by atoms with Gasteiger partial charge in [0.15, 0.2) is 0 Å². The van der Waals surface area contributed by atoms with Crippen molar-refractivity contribution < 1.29 is 10.2 Å². The molecule has 2 atom stereocenters. The van der Waals surface area contributed by atoms with Crippen LogP contribution in [0.3, 0.4) is 0 Å². The Bertz CT molecular complexity index is 519. The normalized spacial score (nSPS) is 14.4. The lowest BCUT2D eigenvalue weighted by molar-refractivity contribution is 0.199. The molecule has 0 heterocycles. The zero-order chi connectivity index (χ0) is 14.5. The van der Waals surface area contributed by atoms with E-state index in [0.29, 0.717) is 0 Å². The van der Waals surface area contributed by atoms with Gasteiger partial charge in [-0.25, -0.2) is 0 Å². The second-order valence-electron chi connectivity index (χ2n) is 4.74. The highest BCUT2D eigenvalue weighted by atomic mass is 16.3. The predicted molar refractivity (Wildman–Crippen MR) is 78.3 cm³/mol. The molecule has 20 heavy (non-hydrogen) atoms. The van der Waals surface area contributed by atoms with Gasteiger partial charge < -0.3 is 10.2 Å². The summed E-state index contributed by atoms with van der Waals surface area (Å²) in [5, 5.41) is 27.1. The van der Waals surface area contributed by atoms with Gasteiger partial charge >= 0.3 is 0 Å². The molecule has 0 amide bonds. The summed E-state index contributed by atoms with van der Waals surface area (Å²) in [5.74, 6) is 0. The molecule has 2 N–H and O–H groups in total. The zero-order valence-corrected chi connectivity index (χ0v) is 11.6. The fourth-order valence-corrected chi connectivity index (χ4v) is 1.75. The molecule has 0 spiro atoms. The minimum atomic E-state index is -0.478. The van der Waals surface area contributed by atoms with Gasteiger partial charge in [-0.05, 0) is 49.2 Å². The van der Waals surface area contributed by atoms with Crippen LogP contribution in [0.5, 0.6) is 0 Å². The molecule has 0 saturated carbocycles. The number of benzene rings is 2. The third-order valence-electron chi connectivity index (χ3n) is 3.03. The van der Waals surface area contributed by atoms with Gasteiger partial charge in [0.05, 0.1) is 23.6 Å². The zero-order valence-electron chi connectivity index (χ0n) is 11.6. The third-order valence-corrected chi connectivity index (χ3v) is 3.03. The van der Waals surface area contributed by atoms with Crippen LogP contribution >= 0.6 is 0 Å². The molecular formula is C16H18N2O2. The van der Waals surface area contributed by atoms with E-state index in [4.69, 9.17) is 0 Å². The molecule has 4 heteroatoms. The average molecular weight is 270 g/mol. The number of nitrogens with zero attached hydrogens (tertiary/aromatic N) is 2. The first-order valence-corrected chi connectivity index (χ1v) is 6.54. The van der Waals surface area contributed by atoms with E-state index >= 15 is 0 Å². The SMILES string of the molecule is CC(O)c1ccc(N=Nc2ccc(C(C)O)cc2)cc1. The molecule has 104 valence electrons.